The molecule has 6 heterocycles. The topological polar surface area (TPSA) is 139 Å². The molecule has 1 aromatic carbocycles. The minimum absolute atomic E-state index is 0.230. The fourth-order valence-corrected chi connectivity index (χ4v) is 9.29. The van der Waals surface area contributed by atoms with E-state index < -0.39 is 11.8 Å². The Hall–Kier alpha value is -3.99. The summed E-state index contributed by atoms with van der Waals surface area (Å²) in [6.45, 7) is 5.63. The lowest BCUT2D eigenvalue weighted by Crippen LogP contribution is -2.44. The molecule has 50 heavy (non-hydrogen) atoms. The molecule has 8 rings (SSSR count). The van der Waals surface area contributed by atoms with Crippen LogP contribution in [0.1, 0.15) is 95.5 Å². The quantitative estimate of drug-likeness (QED) is 0.372. The number of hydrogen-bond acceptors (Lipinski definition) is 10. The molecule has 3 aromatic rings. The summed E-state index contributed by atoms with van der Waals surface area (Å²) in [6.07, 6.45) is 4.22. The zero-order valence-electron chi connectivity index (χ0n) is 28.8. The van der Waals surface area contributed by atoms with Gasteiger partial charge in [-0.1, -0.05) is 24.6 Å². The molecule has 4 atom stereocenters. The molecule has 0 saturated carbocycles. The van der Waals surface area contributed by atoms with Crippen LogP contribution >= 0.6 is 11.6 Å². The maximum Gasteiger partial charge on any atom is 0.318 e. The van der Waals surface area contributed by atoms with Gasteiger partial charge in [-0.15, -0.1) is 0 Å². The summed E-state index contributed by atoms with van der Waals surface area (Å²) in [5, 5.41) is 15.2. The van der Waals surface area contributed by atoms with Crippen molar-refractivity contribution in [3.05, 3.63) is 56.5 Å². The third kappa shape index (κ3) is 5.29. The molecule has 0 radical (unpaired) electrons. The van der Waals surface area contributed by atoms with Crippen molar-refractivity contribution in [1.82, 2.24) is 29.5 Å². The highest BCUT2D eigenvalue weighted by Crippen LogP contribution is 2.51. The molecule has 1 aliphatic carbocycles. The Morgan fingerprint density at radius 2 is 2.08 bits per heavy atom. The van der Waals surface area contributed by atoms with Gasteiger partial charge in [-0.2, -0.15) is 20.3 Å². The predicted molar refractivity (Wildman–Crippen MR) is 185 cm³/mol. The number of nitrogens with two attached hydrogens (primary N) is 1. The minimum Gasteiger partial charge on any atom is -0.461 e. The van der Waals surface area contributed by atoms with Gasteiger partial charge >= 0.3 is 6.01 Å². The van der Waals surface area contributed by atoms with Crippen molar-refractivity contribution in [1.29, 1.82) is 5.26 Å². The molecule has 2 N–H and O–H groups in total. The number of halogens is 2. The van der Waals surface area contributed by atoms with E-state index in [1.807, 2.05) is 16.8 Å². The Balaban J connectivity index is 1.20. The number of alkyl halides is 1. The van der Waals surface area contributed by atoms with Crippen molar-refractivity contribution in [2.75, 3.05) is 51.0 Å². The lowest BCUT2D eigenvalue weighted by molar-refractivity contribution is -0.0873. The maximum absolute atomic E-state index is 14.7. The van der Waals surface area contributed by atoms with E-state index >= 15 is 0 Å². The van der Waals surface area contributed by atoms with Gasteiger partial charge in [0.15, 0.2) is 5.69 Å². The second kappa shape index (κ2) is 12.4. The monoisotopic (exact) mass is 703 g/mol. The van der Waals surface area contributed by atoms with Crippen molar-refractivity contribution in [2.24, 2.45) is 0 Å². The van der Waals surface area contributed by atoms with E-state index in [0.717, 1.165) is 60.3 Å². The number of benzene rings is 1. The van der Waals surface area contributed by atoms with Crippen molar-refractivity contribution < 1.29 is 18.7 Å². The van der Waals surface area contributed by atoms with Crippen LogP contribution in [-0.2, 0) is 36.5 Å². The van der Waals surface area contributed by atoms with Crippen LogP contribution < -0.4 is 15.4 Å². The molecule has 2 saturated heterocycles. The molecule has 264 valence electrons. The van der Waals surface area contributed by atoms with E-state index in [2.05, 4.69) is 27.9 Å². The van der Waals surface area contributed by atoms with E-state index in [1.165, 1.54) is 4.90 Å². The number of nitrogen functional groups attached to an aromatic ring is 1. The van der Waals surface area contributed by atoms with Gasteiger partial charge in [0.1, 0.15) is 30.3 Å². The molecule has 2 fully saturated rings. The Labute approximate surface area is 296 Å². The van der Waals surface area contributed by atoms with E-state index in [0.29, 0.717) is 74.1 Å². The van der Waals surface area contributed by atoms with Crippen molar-refractivity contribution in [3.8, 4) is 12.1 Å². The van der Waals surface area contributed by atoms with E-state index in [4.69, 9.17) is 36.8 Å². The van der Waals surface area contributed by atoms with Crippen LogP contribution in [0.2, 0.25) is 5.02 Å². The number of hydrogen-bond donors (Lipinski definition) is 1. The van der Waals surface area contributed by atoms with Crippen LogP contribution in [0.25, 0.3) is 0 Å². The van der Waals surface area contributed by atoms with E-state index in [1.54, 1.807) is 14.1 Å². The van der Waals surface area contributed by atoms with E-state index in [9.17, 15) is 14.4 Å². The molecular weight excluding hydrogens is 661 g/mol. The number of nitrogens with zero attached hydrogens (tertiary/aromatic N) is 8. The molecule has 1 amide bonds. The summed E-state index contributed by atoms with van der Waals surface area (Å²) in [7, 11) is 3.36. The summed E-state index contributed by atoms with van der Waals surface area (Å²) in [6, 6.07) is 6.46. The Morgan fingerprint density at radius 3 is 2.88 bits per heavy atom. The van der Waals surface area contributed by atoms with Gasteiger partial charge in [-0.25, -0.2) is 4.39 Å². The number of fused-ring (bicyclic) bond motifs is 5. The minimum atomic E-state index is -0.873. The molecule has 0 unspecified atom stereocenters. The lowest BCUT2D eigenvalue weighted by Gasteiger charge is -2.45. The number of rotatable bonds is 5. The average Bonchev–Trinajstić information content (AvgIpc) is 3.67. The van der Waals surface area contributed by atoms with Gasteiger partial charge in [-0.05, 0) is 56.2 Å². The van der Waals surface area contributed by atoms with Crippen LogP contribution in [0, 0.1) is 11.3 Å². The first kappa shape index (κ1) is 33.2. The standard InChI is InChI=1S/C36H43ClFN9O3/c1-21-8-10-36(29-23(21)6-7-26(40)24(29)16-39)15-27-25(19-50-36)32(42-34(41-27)49-20-35-9-4-12-46(35)17-22(38)14-35)45-11-5-13-47-28(18-45)30(37)31(43-47)33(48)44(2)3/h6-7,21-22H,4-5,8-15,17-20,40H2,1-3H3/t21-,22+,35-,36+/m0/s1. The smallest absolute Gasteiger partial charge is 0.318 e. The highest BCUT2D eigenvalue weighted by molar-refractivity contribution is 6.34. The van der Waals surface area contributed by atoms with Gasteiger partial charge in [0.25, 0.3) is 5.91 Å². The Kier molecular flexibility index (Phi) is 8.19. The SMILES string of the molecule is C[C@H]1CC[C@@]2(Cc3nc(OC[C@@]45CCCN4C[C@H](F)C5)nc(N4CCCn5nc(C(=O)N(C)C)c(Cl)c5C4)c3CO2)c2c1ccc(N)c2C#N. The fourth-order valence-electron chi connectivity index (χ4n) is 9.01. The summed E-state index contributed by atoms with van der Waals surface area (Å²) in [4.78, 5) is 28.8. The number of aromatic nitrogens is 4. The molecule has 4 aliphatic heterocycles. The van der Waals surface area contributed by atoms with Gasteiger partial charge in [0.2, 0.25) is 0 Å². The summed E-state index contributed by atoms with van der Waals surface area (Å²) >= 11 is 6.85. The maximum atomic E-state index is 14.7. The number of carbonyl (C=O) groups excluding carboxylic acids is 1. The largest absolute Gasteiger partial charge is 0.461 e. The average molecular weight is 704 g/mol. The molecule has 2 aromatic heterocycles. The highest BCUT2D eigenvalue weighted by Gasteiger charge is 2.50. The summed E-state index contributed by atoms with van der Waals surface area (Å²) in [5.41, 5.74) is 10.7. The van der Waals surface area contributed by atoms with Gasteiger partial charge in [-0.3, -0.25) is 14.4 Å². The van der Waals surface area contributed by atoms with E-state index in [-0.39, 0.29) is 35.7 Å². The first-order chi connectivity index (χ1) is 24.0. The van der Waals surface area contributed by atoms with Crippen molar-refractivity contribution in [2.45, 2.75) is 94.8 Å². The third-order valence-electron chi connectivity index (χ3n) is 11.6. The predicted octanol–water partition coefficient (Wildman–Crippen LogP) is 4.71. The Bertz CT molecular complexity index is 1910. The van der Waals surface area contributed by atoms with Crippen LogP contribution in [0.5, 0.6) is 6.01 Å². The summed E-state index contributed by atoms with van der Waals surface area (Å²) in [5.74, 6) is 0.681. The molecular formula is C36H43ClFN9O3. The van der Waals surface area contributed by atoms with Crippen LogP contribution in [0.3, 0.4) is 0 Å². The van der Waals surface area contributed by atoms with Gasteiger partial charge in [0.05, 0.1) is 40.7 Å². The van der Waals surface area contributed by atoms with Crippen LogP contribution in [0.15, 0.2) is 12.1 Å². The number of anilines is 2. The number of amides is 1. The lowest BCUT2D eigenvalue weighted by atomic mass is 9.69. The van der Waals surface area contributed by atoms with Gasteiger partial charge in [0, 0.05) is 63.4 Å². The number of carbonyl (C=O) groups is 1. The molecule has 5 aliphatic rings. The number of aryl methyl sites for hydroxylation is 1. The first-order valence-corrected chi connectivity index (χ1v) is 18.0. The number of nitriles is 1. The Morgan fingerprint density at radius 1 is 1.24 bits per heavy atom. The fraction of sp³-hybridized carbons (Fsp3) is 0.583. The zero-order valence-corrected chi connectivity index (χ0v) is 29.6. The van der Waals surface area contributed by atoms with Gasteiger partial charge < -0.3 is 25.0 Å². The van der Waals surface area contributed by atoms with Crippen LogP contribution in [-0.4, -0.2) is 87.5 Å². The summed E-state index contributed by atoms with van der Waals surface area (Å²) < 4.78 is 29.8. The molecule has 0 bridgehead atoms. The normalized spacial score (nSPS) is 27.2. The molecule has 12 nitrogen and oxygen atoms in total. The second-order valence-corrected chi connectivity index (χ2v) is 15.3. The van der Waals surface area contributed by atoms with Crippen LogP contribution in [0.4, 0.5) is 15.9 Å². The first-order valence-electron chi connectivity index (χ1n) is 17.6. The highest BCUT2D eigenvalue weighted by atomic mass is 35.5. The third-order valence-corrected chi connectivity index (χ3v) is 12.0. The molecule has 14 heteroatoms. The molecule has 1 spiro atoms. The zero-order chi connectivity index (χ0) is 34.9. The van der Waals surface area contributed by atoms with Crippen molar-refractivity contribution in [3.63, 3.8) is 0 Å². The number of ether oxygens (including phenoxy) is 2. The second-order valence-electron chi connectivity index (χ2n) is 14.9. The van der Waals surface area contributed by atoms with Crippen molar-refractivity contribution >= 4 is 29.0 Å².